The highest BCUT2D eigenvalue weighted by molar-refractivity contribution is 6.30. The Morgan fingerprint density at radius 3 is 2.55 bits per heavy atom. The van der Waals surface area contributed by atoms with Crippen LogP contribution in [-0.2, 0) is 0 Å². The molecule has 1 aromatic heterocycles. The molecule has 0 amide bonds. The molecule has 0 saturated carbocycles. The number of hydrogen-bond acceptors (Lipinski definition) is 5. The summed E-state index contributed by atoms with van der Waals surface area (Å²) in [6, 6.07) is 19.3. The summed E-state index contributed by atoms with van der Waals surface area (Å²) in [6.07, 6.45) is 1.07. The first-order chi connectivity index (χ1) is 16.1. The number of halogens is 2. The highest BCUT2D eigenvalue weighted by Gasteiger charge is 2.41. The summed E-state index contributed by atoms with van der Waals surface area (Å²) in [5, 5.41) is 8.56. The van der Waals surface area contributed by atoms with Crippen molar-refractivity contribution >= 4 is 23.2 Å². The zero-order chi connectivity index (χ0) is 22.5. The van der Waals surface area contributed by atoms with E-state index < -0.39 is 6.10 Å². The highest BCUT2D eigenvalue weighted by atomic mass is 35.5. The molecular weight excluding hydrogens is 443 g/mol. The van der Waals surface area contributed by atoms with Gasteiger partial charge in [0.25, 0.3) is 0 Å². The average Bonchev–Trinajstić information content (AvgIpc) is 3.31. The van der Waals surface area contributed by atoms with Crippen LogP contribution < -0.4 is 14.8 Å². The Morgan fingerprint density at radius 1 is 1.03 bits per heavy atom. The summed E-state index contributed by atoms with van der Waals surface area (Å²) in [5.41, 5.74) is 4.46. The second-order valence-corrected chi connectivity index (χ2v) is 8.29. The lowest BCUT2D eigenvalue weighted by molar-refractivity contribution is 0.222. The highest BCUT2D eigenvalue weighted by Crippen LogP contribution is 2.51. The third-order valence-electron chi connectivity index (χ3n) is 5.98. The first-order valence-electron chi connectivity index (χ1n) is 10.4. The summed E-state index contributed by atoms with van der Waals surface area (Å²) in [5.74, 6) is 1.72. The molecule has 2 atom stereocenters. The number of methoxy groups -OCH3 is 1. The lowest BCUT2D eigenvalue weighted by Gasteiger charge is -2.39. The molecule has 0 bridgehead atoms. The monoisotopic (exact) mass is 460 g/mol. The Labute approximate surface area is 194 Å². The van der Waals surface area contributed by atoms with E-state index in [0.29, 0.717) is 22.5 Å². The second kappa shape index (κ2) is 7.64. The minimum Gasteiger partial charge on any atom is -0.497 e. The van der Waals surface area contributed by atoms with Gasteiger partial charge >= 0.3 is 0 Å². The van der Waals surface area contributed by atoms with E-state index in [1.165, 1.54) is 18.5 Å². The van der Waals surface area contributed by atoms with Crippen molar-refractivity contribution in [1.82, 2.24) is 14.8 Å². The van der Waals surface area contributed by atoms with Gasteiger partial charge in [-0.25, -0.2) is 9.07 Å². The smallest absolute Gasteiger partial charge is 0.226 e. The van der Waals surface area contributed by atoms with Gasteiger partial charge < -0.3 is 14.8 Å². The molecule has 33 heavy (non-hydrogen) atoms. The van der Waals surface area contributed by atoms with E-state index in [9.17, 15) is 4.39 Å². The third-order valence-corrected chi connectivity index (χ3v) is 6.23. The van der Waals surface area contributed by atoms with Gasteiger partial charge in [-0.15, -0.1) is 0 Å². The van der Waals surface area contributed by atoms with Crippen LogP contribution in [0.3, 0.4) is 0 Å². The maximum atomic E-state index is 13.8. The number of nitrogens with zero attached hydrogens (tertiary/aromatic N) is 3. The predicted molar refractivity (Wildman–Crippen MR) is 123 cm³/mol. The van der Waals surface area contributed by atoms with Gasteiger partial charge in [0.05, 0.1) is 12.8 Å². The van der Waals surface area contributed by atoms with Gasteiger partial charge in [0, 0.05) is 16.2 Å². The lowest BCUT2D eigenvalue weighted by atomic mass is 9.84. The molecule has 0 aliphatic carbocycles. The predicted octanol–water partition coefficient (Wildman–Crippen LogP) is 5.64. The Balaban J connectivity index is 1.62. The molecule has 1 N–H and O–H groups in total. The van der Waals surface area contributed by atoms with Gasteiger partial charge in [-0.05, 0) is 53.6 Å². The molecular formula is C25H18ClFN4O2. The fraction of sp³-hybridized carbons (Fsp3) is 0.120. The number of anilines is 1. The summed E-state index contributed by atoms with van der Waals surface area (Å²) in [6.45, 7) is 0. The van der Waals surface area contributed by atoms with Crippen LogP contribution >= 0.6 is 11.6 Å². The Kier molecular flexibility index (Phi) is 4.58. The maximum Gasteiger partial charge on any atom is 0.226 e. The SMILES string of the molecule is COc1ccc2c(c1)C1=C([C@H](c3ccc(Cl)cc3)O2)[C@@H](c2ccc(F)cc2)n2ncnc2N1. The van der Waals surface area contributed by atoms with Crippen molar-refractivity contribution in [1.29, 1.82) is 0 Å². The fourth-order valence-electron chi connectivity index (χ4n) is 4.45. The van der Waals surface area contributed by atoms with Crippen molar-refractivity contribution in [3.05, 3.63) is 106 Å². The summed E-state index contributed by atoms with van der Waals surface area (Å²) in [4.78, 5) is 4.41. The Bertz CT molecular complexity index is 1380. The normalized spacial score (nSPS) is 18.5. The molecule has 164 valence electrons. The van der Waals surface area contributed by atoms with Gasteiger partial charge in [-0.1, -0.05) is 35.9 Å². The number of fused-ring (bicyclic) bond motifs is 3. The summed E-state index contributed by atoms with van der Waals surface area (Å²) in [7, 11) is 1.63. The molecule has 6 nitrogen and oxygen atoms in total. The molecule has 6 rings (SSSR count). The number of hydrogen-bond donors (Lipinski definition) is 1. The maximum absolute atomic E-state index is 13.8. The van der Waals surface area contributed by atoms with Crippen LogP contribution in [0.4, 0.5) is 10.3 Å². The van der Waals surface area contributed by atoms with Crippen molar-refractivity contribution in [3.63, 3.8) is 0 Å². The second-order valence-electron chi connectivity index (χ2n) is 7.85. The molecule has 0 unspecified atom stereocenters. The van der Waals surface area contributed by atoms with Crippen LogP contribution in [0.5, 0.6) is 11.5 Å². The van der Waals surface area contributed by atoms with Gasteiger partial charge in [-0.3, -0.25) is 0 Å². The summed E-state index contributed by atoms with van der Waals surface area (Å²) < 4.78 is 27.6. The first kappa shape index (κ1) is 19.8. The van der Waals surface area contributed by atoms with E-state index >= 15 is 0 Å². The Hall–Kier alpha value is -3.84. The van der Waals surface area contributed by atoms with Crippen molar-refractivity contribution in [2.75, 3.05) is 12.4 Å². The van der Waals surface area contributed by atoms with E-state index in [-0.39, 0.29) is 11.9 Å². The topological polar surface area (TPSA) is 61.2 Å². The molecule has 0 saturated heterocycles. The molecule has 3 heterocycles. The molecule has 0 radical (unpaired) electrons. The lowest BCUT2D eigenvalue weighted by Crippen LogP contribution is -2.32. The number of aromatic nitrogens is 3. The van der Waals surface area contributed by atoms with Crippen LogP contribution in [0.25, 0.3) is 5.70 Å². The van der Waals surface area contributed by atoms with Crippen molar-refractivity contribution in [3.8, 4) is 11.5 Å². The van der Waals surface area contributed by atoms with Crippen molar-refractivity contribution in [2.24, 2.45) is 0 Å². The minimum atomic E-state index is -0.432. The minimum absolute atomic E-state index is 0.301. The fourth-order valence-corrected chi connectivity index (χ4v) is 4.58. The number of nitrogens with one attached hydrogen (secondary N) is 1. The molecule has 2 aliphatic heterocycles. The standard InChI is InChI=1S/C25H18ClFN4O2/c1-32-18-10-11-20-19(12-18)22-21(24(33-20)15-2-6-16(26)7-3-15)23(14-4-8-17(27)9-5-14)31-25(30-22)28-13-29-31/h2-13,23-24H,1H3,(H,28,29,30)/t23-,24+/m1/s1. The summed E-state index contributed by atoms with van der Waals surface area (Å²) >= 11 is 6.16. The number of benzene rings is 3. The molecule has 2 aliphatic rings. The average molecular weight is 461 g/mol. The first-order valence-corrected chi connectivity index (χ1v) is 10.8. The van der Waals surface area contributed by atoms with Gasteiger partial charge in [0.1, 0.15) is 35.8 Å². The Morgan fingerprint density at radius 2 is 1.79 bits per heavy atom. The zero-order valence-electron chi connectivity index (χ0n) is 17.5. The van der Waals surface area contributed by atoms with E-state index in [0.717, 1.165) is 28.0 Å². The third kappa shape index (κ3) is 3.24. The quantitative estimate of drug-likeness (QED) is 0.428. The van der Waals surface area contributed by atoms with Crippen LogP contribution in [0.15, 0.2) is 78.6 Å². The van der Waals surface area contributed by atoms with E-state index in [1.807, 2.05) is 42.5 Å². The van der Waals surface area contributed by atoms with Crippen molar-refractivity contribution in [2.45, 2.75) is 12.1 Å². The zero-order valence-corrected chi connectivity index (χ0v) is 18.3. The van der Waals surface area contributed by atoms with Gasteiger partial charge in [0.2, 0.25) is 5.95 Å². The molecule has 0 spiro atoms. The number of ether oxygens (including phenoxy) is 2. The van der Waals surface area contributed by atoms with Crippen LogP contribution in [-0.4, -0.2) is 21.9 Å². The van der Waals surface area contributed by atoms with Gasteiger partial charge in [0.15, 0.2) is 0 Å². The van der Waals surface area contributed by atoms with Crippen molar-refractivity contribution < 1.29 is 13.9 Å². The number of rotatable bonds is 3. The largest absolute Gasteiger partial charge is 0.497 e. The van der Waals surface area contributed by atoms with Gasteiger partial charge in [-0.2, -0.15) is 10.1 Å². The van der Waals surface area contributed by atoms with Crippen LogP contribution in [0.2, 0.25) is 5.02 Å². The molecule has 4 aromatic rings. The van der Waals surface area contributed by atoms with E-state index in [1.54, 1.807) is 23.9 Å². The van der Waals surface area contributed by atoms with E-state index in [2.05, 4.69) is 15.4 Å². The van der Waals surface area contributed by atoms with E-state index in [4.69, 9.17) is 21.1 Å². The molecule has 8 heteroatoms. The van der Waals surface area contributed by atoms with Crippen LogP contribution in [0, 0.1) is 5.82 Å². The van der Waals surface area contributed by atoms with Crippen LogP contribution in [0.1, 0.15) is 28.8 Å². The molecule has 3 aromatic carbocycles. The molecule has 0 fully saturated rings.